The van der Waals surface area contributed by atoms with Crippen molar-refractivity contribution >= 4 is 49.8 Å². The van der Waals surface area contributed by atoms with Crippen LogP contribution in [0.15, 0.2) is 201 Å². The van der Waals surface area contributed by atoms with Gasteiger partial charge in [0.25, 0.3) is 0 Å². The van der Waals surface area contributed by atoms with E-state index in [9.17, 15) is 0 Å². The molecule has 10 rings (SSSR count). The van der Waals surface area contributed by atoms with Gasteiger partial charge in [-0.1, -0.05) is 78.9 Å². The number of nitrogens with zero attached hydrogens (tertiary/aromatic N) is 5. The number of pyridine rings is 2. The van der Waals surface area contributed by atoms with Crippen molar-refractivity contribution in [2.45, 2.75) is 0 Å². The first kappa shape index (κ1) is 30.6. The minimum atomic E-state index is 0.953. The molecule has 0 saturated carbocycles. The van der Waals surface area contributed by atoms with Crippen molar-refractivity contribution in [3.63, 3.8) is 0 Å². The lowest BCUT2D eigenvalue weighted by Crippen LogP contribution is -2.10. The lowest BCUT2D eigenvalue weighted by Gasteiger charge is -2.26. The Morgan fingerprint density at radius 3 is 1.77 bits per heavy atom. The molecular formula is C48H33N5. The van der Waals surface area contributed by atoms with E-state index in [-0.39, 0.29) is 0 Å². The summed E-state index contributed by atoms with van der Waals surface area (Å²) in [6.45, 7) is 0. The Balaban J connectivity index is 1.19. The van der Waals surface area contributed by atoms with Gasteiger partial charge in [-0.05, 0) is 108 Å². The van der Waals surface area contributed by atoms with Gasteiger partial charge < -0.3 is 14.0 Å². The lowest BCUT2D eigenvalue weighted by atomic mass is 10.0. The third-order valence-corrected chi connectivity index (χ3v) is 10.1. The summed E-state index contributed by atoms with van der Waals surface area (Å²) in [4.78, 5) is 11.1. The van der Waals surface area contributed by atoms with Crippen LogP contribution in [0.4, 0.5) is 17.1 Å². The van der Waals surface area contributed by atoms with Gasteiger partial charge in [-0.2, -0.15) is 0 Å². The van der Waals surface area contributed by atoms with Gasteiger partial charge in [-0.15, -0.1) is 0 Å². The summed E-state index contributed by atoms with van der Waals surface area (Å²) in [5.41, 5.74) is 13.3. The van der Waals surface area contributed by atoms with Crippen molar-refractivity contribution in [2.75, 3.05) is 4.90 Å². The predicted molar refractivity (Wildman–Crippen MR) is 219 cm³/mol. The number of hydrogen-bond acceptors (Lipinski definition) is 3. The Labute approximate surface area is 307 Å². The molecule has 6 aromatic carbocycles. The fourth-order valence-corrected chi connectivity index (χ4v) is 7.61. The fourth-order valence-electron chi connectivity index (χ4n) is 7.61. The smallest absolute Gasteiger partial charge is 0.0788 e. The van der Waals surface area contributed by atoms with Gasteiger partial charge in [0.2, 0.25) is 0 Å². The summed E-state index contributed by atoms with van der Waals surface area (Å²) >= 11 is 0. The summed E-state index contributed by atoms with van der Waals surface area (Å²) in [5.74, 6) is 0. The van der Waals surface area contributed by atoms with Gasteiger partial charge >= 0.3 is 0 Å². The molecular weight excluding hydrogens is 647 g/mol. The highest BCUT2D eigenvalue weighted by atomic mass is 15.1. The van der Waals surface area contributed by atoms with Crippen molar-refractivity contribution in [2.24, 2.45) is 0 Å². The largest absolute Gasteiger partial charge is 0.315 e. The molecule has 0 radical (unpaired) electrons. The zero-order chi connectivity index (χ0) is 35.1. The highest BCUT2D eigenvalue weighted by molar-refractivity contribution is 6.19. The molecule has 5 nitrogen and oxygen atoms in total. The summed E-state index contributed by atoms with van der Waals surface area (Å²) in [5, 5.41) is 3.59. The Bertz CT molecular complexity index is 2760. The molecule has 0 N–H and O–H groups in total. The quantitative estimate of drug-likeness (QED) is 0.168. The molecule has 0 spiro atoms. The van der Waals surface area contributed by atoms with Gasteiger partial charge in [-0.25, -0.2) is 0 Å². The number of rotatable bonds is 7. The van der Waals surface area contributed by atoms with E-state index in [1.165, 1.54) is 27.2 Å². The van der Waals surface area contributed by atoms with Crippen LogP contribution in [0.2, 0.25) is 0 Å². The van der Waals surface area contributed by atoms with Crippen molar-refractivity contribution in [3.8, 4) is 33.8 Å². The van der Waals surface area contributed by atoms with Crippen LogP contribution in [-0.4, -0.2) is 19.1 Å². The first-order valence-electron chi connectivity index (χ1n) is 17.8. The zero-order valence-corrected chi connectivity index (χ0v) is 28.8. The Morgan fingerprint density at radius 1 is 0.434 bits per heavy atom. The summed E-state index contributed by atoms with van der Waals surface area (Å²) in [6.07, 6.45) is 7.70. The van der Waals surface area contributed by atoms with E-state index < -0.39 is 0 Å². The van der Waals surface area contributed by atoms with Gasteiger partial charge in [0.1, 0.15) is 0 Å². The van der Waals surface area contributed by atoms with Crippen molar-refractivity contribution in [3.05, 3.63) is 201 Å². The van der Waals surface area contributed by atoms with Crippen LogP contribution in [0.25, 0.3) is 66.5 Å². The normalized spacial score (nSPS) is 11.4. The average molecular weight is 680 g/mol. The Hall–Kier alpha value is -7.24. The predicted octanol–water partition coefficient (Wildman–Crippen LogP) is 12.3. The van der Waals surface area contributed by atoms with E-state index in [0.717, 1.165) is 56.3 Å². The van der Waals surface area contributed by atoms with Crippen LogP contribution in [0.3, 0.4) is 0 Å². The van der Waals surface area contributed by atoms with Gasteiger partial charge in [-0.3, -0.25) is 9.97 Å². The molecule has 0 bridgehead atoms. The third kappa shape index (κ3) is 5.34. The molecule has 53 heavy (non-hydrogen) atoms. The van der Waals surface area contributed by atoms with E-state index in [2.05, 4.69) is 176 Å². The van der Waals surface area contributed by atoms with E-state index in [4.69, 9.17) is 0 Å². The van der Waals surface area contributed by atoms with Crippen LogP contribution >= 0.6 is 0 Å². The molecule has 5 heteroatoms. The maximum Gasteiger partial charge on any atom is 0.0788 e. The van der Waals surface area contributed by atoms with Crippen molar-refractivity contribution in [1.29, 1.82) is 0 Å². The highest BCUT2D eigenvalue weighted by Gasteiger charge is 2.21. The Kier molecular flexibility index (Phi) is 7.40. The molecule has 0 saturated heterocycles. The average Bonchev–Trinajstić information content (AvgIpc) is 3.82. The maximum absolute atomic E-state index is 4.59. The first-order valence-corrected chi connectivity index (χ1v) is 17.8. The second-order valence-electron chi connectivity index (χ2n) is 13.2. The second-order valence-corrected chi connectivity index (χ2v) is 13.2. The molecule has 0 unspecified atom stereocenters. The Morgan fingerprint density at radius 2 is 1.08 bits per heavy atom. The molecule has 0 amide bonds. The summed E-state index contributed by atoms with van der Waals surface area (Å²) < 4.78 is 4.74. The number of aromatic nitrogens is 4. The van der Waals surface area contributed by atoms with Crippen LogP contribution < -0.4 is 4.90 Å². The fraction of sp³-hybridized carbons (Fsp3) is 0. The number of benzene rings is 6. The first-order chi connectivity index (χ1) is 26.3. The van der Waals surface area contributed by atoms with E-state index in [1.807, 2.05) is 48.9 Å². The highest BCUT2D eigenvalue weighted by Crippen LogP contribution is 2.42. The monoisotopic (exact) mass is 679 g/mol. The SMILES string of the molecule is c1ccc(-n2ccc3ccc4c5cc(N(c6ccc(-c7ccncc7)cc6)c6ccc(-c7ccccn7)cc6)ccc5n(-c5ccccc5)c4c32)cc1. The molecule has 0 aliphatic rings. The minimum Gasteiger partial charge on any atom is -0.315 e. The van der Waals surface area contributed by atoms with Crippen molar-refractivity contribution in [1.82, 2.24) is 19.1 Å². The zero-order valence-electron chi connectivity index (χ0n) is 28.8. The van der Waals surface area contributed by atoms with Gasteiger partial charge in [0.15, 0.2) is 0 Å². The van der Waals surface area contributed by atoms with E-state index >= 15 is 0 Å². The topological polar surface area (TPSA) is 38.9 Å². The third-order valence-electron chi connectivity index (χ3n) is 10.1. The molecule has 250 valence electrons. The number of hydrogen-bond donors (Lipinski definition) is 0. The molecule has 0 fully saturated rings. The van der Waals surface area contributed by atoms with Gasteiger partial charge in [0, 0.05) is 74.9 Å². The molecule has 0 aliphatic heterocycles. The van der Waals surface area contributed by atoms with Crippen molar-refractivity contribution < 1.29 is 0 Å². The standard InChI is InChI=1S/C48H33N5/c1-3-9-38(10-4-1)51-32-28-37-18-24-43-44-33-42(23-25-46(44)53(48(43)47(37)51)39-11-5-2-6-12-39)52(40-19-14-34(15-20-40)35-26-30-49-31-27-35)41-21-16-36(17-22-41)45-13-7-8-29-50-45/h1-33H. The molecule has 4 heterocycles. The van der Waals surface area contributed by atoms with Crippen LogP contribution in [0, 0.1) is 0 Å². The van der Waals surface area contributed by atoms with Crippen LogP contribution in [0.5, 0.6) is 0 Å². The maximum atomic E-state index is 4.59. The lowest BCUT2D eigenvalue weighted by molar-refractivity contribution is 1.12. The molecule has 0 aliphatic carbocycles. The summed E-state index contributed by atoms with van der Waals surface area (Å²) in [6, 6.07) is 62.5. The molecule has 4 aromatic heterocycles. The second kappa shape index (κ2) is 12.8. The minimum absolute atomic E-state index is 0.953. The van der Waals surface area contributed by atoms with E-state index in [0.29, 0.717) is 0 Å². The number of fused-ring (bicyclic) bond motifs is 5. The summed E-state index contributed by atoms with van der Waals surface area (Å²) in [7, 11) is 0. The van der Waals surface area contributed by atoms with Gasteiger partial charge in [0.05, 0.1) is 22.2 Å². The van der Waals surface area contributed by atoms with Crippen LogP contribution in [0.1, 0.15) is 0 Å². The van der Waals surface area contributed by atoms with E-state index in [1.54, 1.807) is 0 Å². The number of anilines is 3. The molecule has 10 aromatic rings. The number of para-hydroxylation sites is 2. The molecule has 0 atom stereocenters. The van der Waals surface area contributed by atoms with Crippen LogP contribution in [-0.2, 0) is 0 Å².